The van der Waals surface area contributed by atoms with Crippen LogP contribution in [0.1, 0.15) is 19.4 Å². The lowest BCUT2D eigenvalue weighted by molar-refractivity contribution is -0.0440. The van der Waals surface area contributed by atoms with Crippen molar-refractivity contribution in [2.75, 3.05) is 32.5 Å². The topological polar surface area (TPSA) is 67.9 Å². The number of hydrogen-bond donors (Lipinski definition) is 1. The van der Waals surface area contributed by atoms with Crippen LogP contribution in [0.4, 0.5) is 0 Å². The molecule has 6 nitrogen and oxygen atoms in total. The van der Waals surface area contributed by atoms with E-state index in [4.69, 9.17) is 9.47 Å². The molecule has 1 saturated heterocycles. The Morgan fingerprint density at radius 2 is 1.83 bits per heavy atom. The van der Waals surface area contributed by atoms with Crippen molar-refractivity contribution < 1.29 is 17.9 Å². The molecule has 1 aromatic rings. The van der Waals surface area contributed by atoms with E-state index in [1.165, 1.54) is 0 Å². The molecule has 0 aliphatic carbocycles. The predicted molar refractivity (Wildman–Crippen MR) is 90.1 cm³/mol. The second-order valence-corrected chi connectivity index (χ2v) is 8.00. The van der Waals surface area contributed by atoms with E-state index in [1.54, 1.807) is 11.4 Å². The van der Waals surface area contributed by atoms with Crippen LogP contribution in [0.3, 0.4) is 0 Å². The number of morpholine rings is 1. The maximum Gasteiger partial charge on any atom is 0.215 e. The zero-order valence-corrected chi connectivity index (χ0v) is 14.8. The average Bonchev–Trinajstić information content (AvgIpc) is 2.51. The van der Waals surface area contributed by atoms with Gasteiger partial charge in [0.05, 0.1) is 25.1 Å². The van der Waals surface area contributed by atoms with E-state index in [9.17, 15) is 8.42 Å². The molecule has 1 fully saturated rings. The molecule has 1 aromatic carbocycles. The van der Waals surface area contributed by atoms with Gasteiger partial charge in [-0.05, 0) is 31.5 Å². The minimum Gasteiger partial charge on any atom is -0.497 e. The van der Waals surface area contributed by atoms with Gasteiger partial charge in [0.25, 0.3) is 0 Å². The fraction of sp³-hybridized carbons (Fsp3) is 0.625. The van der Waals surface area contributed by atoms with Crippen molar-refractivity contribution in [1.29, 1.82) is 0 Å². The van der Waals surface area contributed by atoms with Gasteiger partial charge in [-0.15, -0.1) is 0 Å². The molecule has 2 atom stereocenters. The van der Waals surface area contributed by atoms with Gasteiger partial charge in [-0.1, -0.05) is 12.1 Å². The Morgan fingerprint density at radius 1 is 1.22 bits per heavy atom. The number of rotatable bonds is 7. The van der Waals surface area contributed by atoms with Crippen LogP contribution in [0.25, 0.3) is 0 Å². The summed E-state index contributed by atoms with van der Waals surface area (Å²) in [5.41, 5.74) is 1.09. The van der Waals surface area contributed by atoms with Gasteiger partial charge in [-0.2, -0.15) is 4.31 Å². The lowest BCUT2D eigenvalue weighted by Crippen LogP contribution is -2.49. The van der Waals surface area contributed by atoms with E-state index in [-0.39, 0.29) is 18.0 Å². The second-order valence-electron chi connectivity index (χ2n) is 5.92. The zero-order valence-electron chi connectivity index (χ0n) is 14.0. The number of nitrogens with one attached hydrogen (secondary N) is 1. The third-order valence-corrected chi connectivity index (χ3v) is 5.61. The summed E-state index contributed by atoms with van der Waals surface area (Å²) >= 11 is 0. The molecule has 0 bridgehead atoms. The first-order valence-electron chi connectivity index (χ1n) is 7.87. The molecule has 1 heterocycles. The maximum absolute atomic E-state index is 12.4. The lowest BCUT2D eigenvalue weighted by Gasteiger charge is -2.34. The van der Waals surface area contributed by atoms with Gasteiger partial charge in [0, 0.05) is 26.2 Å². The Hall–Kier alpha value is -1.15. The van der Waals surface area contributed by atoms with Crippen molar-refractivity contribution in [2.45, 2.75) is 32.6 Å². The molecular weight excluding hydrogens is 316 g/mol. The first-order chi connectivity index (χ1) is 10.9. The smallest absolute Gasteiger partial charge is 0.215 e. The van der Waals surface area contributed by atoms with Crippen molar-refractivity contribution in [3.8, 4) is 5.75 Å². The maximum atomic E-state index is 12.4. The number of methoxy groups -OCH3 is 1. The number of hydrogen-bond acceptors (Lipinski definition) is 5. The van der Waals surface area contributed by atoms with Crippen LogP contribution in [0.15, 0.2) is 24.3 Å². The SMILES string of the molecule is COc1ccc(CNCCS(=O)(=O)N2C[C@@H](C)O[C@H](C)C2)cc1. The summed E-state index contributed by atoms with van der Waals surface area (Å²) < 4.78 is 37.0. The van der Waals surface area contributed by atoms with Gasteiger partial charge >= 0.3 is 0 Å². The van der Waals surface area contributed by atoms with E-state index in [2.05, 4.69) is 5.32 Å². The van der Waals surface area contributed by atoms with E-state index in [0.717, 1.165) is 11.3 Å². The van der Waals surface area contributed by atoms with E-state index in [1.807, 2.05) is 38.1 Å². The van der Waals surface area contributed by atoms with Crippen molar-refractivity contribution in [3.05, 3.63) is 29.8 Å². The molecule has 1 aliphatic heterocycles. The largest absolute Gasteiger partial charge is 0.497 e. The summed E-state index contributed by atoms with van der Waals surface area (Å²) in [5, 5.41) is 3.18. The molecule has 0 saturated carbocycles. The molecule has 1 N–H and O–H groups in total. The molecule has 7 heteroatoms. The van der Waals surface area contributed by atoms with Gasteiger partial charge in [0.2, 0.25) is 10.0 Å². The number of nitrogens with zero attached hydrogens (tertiary/aromatic N) is 1. The highest BCUT2D eigenvalue weighted by atomic mass is 32.2. The van der Waals surface area contributed by atoms with Crippen LogP contribution in [-0.4, -0.2) is 57.4 Å². The monoisotopic (exact) mass is 342 g/mol. The highest BCUT2D eigenvalue weighted by Gasteiger charge is 2.30. The molecule has 0 amide bonds. The van der Waals surface area contributed by atoms with Crippen LogP contribution >= 0.6 is 0 Å². The Kier molecular flexibility index (Phi) is 6.41. The van der Waals surface area contributed by atoms with Gasteiger partial charge in [-0.25, -0.2) is 8.42 Å². The van der Waals surface area contributed by atoms with Crippen molar-refractivity contribution in [1.82, 2.24) is 9.62 Å². The molecule has 2 rings (SSSR count). The van der Waals surface area contributed by atoms with Gasteiger partial charge in [0.1, 0.15) is 5.75 Å². The van der Waals surface area contributed by atoms with Crippen LogP contribution in [0, 0.1) is 0 Å². The van der Waals surface area contributed by atoms with E-state index >= 15 is 0 Å². The predicted octanol–water partition coefficient (Wildman–Crippen LogP) is 1.22. The molecule has 0 aromatic heterocycles. The molecule has 0 spiro atoms. The van der Waals surface area contributed by atoms with E-state index < -0.39 is 10.0 Å². The molecule has 23 heavy (non-hydrogen) atoms. The highest BCUT2D eigenvalue weighted by Crippen LogP contribution is 2.15. The second kappa shape index (κ2) is 8.10. The highest BCUT2D eigenvalue weighted by molar-refractivity contribution is 7.89. The molecule has 0 radical (unpaired) electrons. The Bertz CT molecular complexity index is 579. The summed E-state index contributed by atoms with van der Waals surface area (Å²) in [6, 6.07) is 7.71. The molecular formula is C16H26N2O4S. The minimum atomic E-state index is -3.24. The van der Waals surface area contributed by atoms with Crippen LogP contribution in [-0.2, 0) is 21.3 Å². The Morgan fingerprint density at radius 3 is 2.39 bits per heavy atom. The normalized spacial score (nSPS) is 22.9. The summed E-state index contributed by atoms with van der Waals surface area (Å²) in [7, 11) is -1.61. The molecule has 1 aliphatic rings. The first-order valence-corrected chi connectivity index (χ1v) is 9.48. The minimum absolute atomic E-state index is 0.0548. The first kappa shape index (κ1) is 18.2. The van der Waals surface area contributed by atoms with Gasteiger partial charge < -0.3 is 14.8 Å². The summed E-state index contributed by atoms with van der Waals surface area (Å²) in [6.45, 7) is 5.74. The van der Waals surface area contributed by atoms with E-state index in [0.29, 0.717) is 26.2 Å². The summed E-state index contributed by atoms with van der Waals surface area (Å²) in [4.78, 5) is 0. The van der Waals surface area contributed by atoms with Crippen molar-refractivity contribution in [3.63, 3.8) is 0 Å². The Balaban J connectivity index is 1.78. The third kappa shape index (κ3) is 5.46. The molecule has 130 valence electrons. The fourth-order valence-electron chi connectivity index (χ4n) is 2.66. The third-order valence-electron chi connectivity index (χ3n) is 3.80. The average molecular weight is 342 g/mol. The summed E-state index contributed by atoms with van der Waals surface area (Å²) in [5.74, 6) is 0.912. The lowest BCUT2D eigenvalue weighted by atomic mass is 10.2. The van der Waals surface area contributed by atoms with Crippen LogP contribution in [0.5, 0.6) is 5.75 Å². The number of sulfonamides is 1. The van der Waals surface area contributed by atoms with Gasteiger partial charge in [-0.3, -0.25) is 0 Å². The Labute approximate surface area is 138 Å². The standard InChI is InChI=1S/C16H26N2O4S/c1-13-11-18(12-14(2)22-13)23(19,20)9-8-17-10-15-4-6-16(21-3)7-5-15/h4-7,13-14,17H,8-12H2,1-3H3/t13-,14-/m1/s1. The van der Waals surface area contributed by atoms with Gasteiger partial charge in [0.15, 0.2) is 0 Å². The van der Waals surface area contributed by atoms with Crippen LogP contribution < -0.4 is 10.1 Å². The van der Waals surface area contributed by atoms with Crippen molar-refractivity contribution in [2.24, 2.45) is 0 Å². The molecule has 0 unspecified atom stereocenters. The quantitative estimate of drug-likeness (QED) is 0.755. The summed E-state index contributed by atoms with van der Waals surface area (Å²) in [6.07, 6.45) is -0.110. The number of ether oxygens (including phenoxy) is 2. The van der Waals surface area contributed by atoms with Crippen LogP contribution in [0.2, 0.25) is 0 Å². The fourth-order valence-corrected chi connectivity index (χ4v) is 4.20. The van der Waals surface area contributed by atoms with Crippen molar-refractivity contribution >= 4 is 10.0 Å². The zero-order chi connectivity index (χ0) is 16.9. The number of benzene rings is 1.